The van der Waals surface area contributed by atoms with Crippen LogP contribution in [0.2, 0.25) is 5.02 Å². The highest BCUT2D eigenvalue weighted by atomic mass is 35.5. The predicted octanol–water partition coefficient (Wildman–Crippen LogP) is 1.98. The minimum absolute atomic E-state index is 0.00938. The normalized spacial score (nSPS) is 12.2. The van der Waals surface area contributed by atoms with Gasteiger partial charge < -0.3 is 10.4 Å². The van der Waals surface area contributed by atoms with Gasteiger partial charge in [-0.15, -0.1) is 0 Å². The Labute approximate surface area is 126 Å². The second kappa shape index (κ2) is 6.24. The molecule has 1 heterocycles. The van der Waals surface area contributed by atoms with Crippen LogP contribution in [-0.4, -0.2) is 27.4 Å². The lowest BCUT2D eigenvalue weighted by Crippen LogP contribution is -2.31. The van der Waals surface area contributed by atoms with E-state index in [0.29, 0.717) is 16.8 Å². The van der Waals surface area contributed by atoms with E-state index in [4.69, 9.17) is 11.6 Å². The molecule has 0 aliphatic rings. The molecule has 2 N–H and O–H groups in total. The maximum absolute atomic E-state index is 13.5. The van der Waals surface area contributed by atoms with Crippen LogP contribution in [0.5, 0.6) is 0 Å². The molecule has 5 nitrogen and oxygen atoms in total. The number of aromatic nitrogens is 2. The third kappa shape index (κ3) is 3.40. The van der Waals surface area contributed by atoms with Crippen molar-refractivity contribution in [2.24, 2.45) is 7.05 Å². The number of rotatable bonds is 4. The van der Waals surface area contributed by atoms with Crippen LogP contribution in [0.3, 0.4) is 0 Å². The van der Waals surface area contributed by atoms with E-state index in [2.05, 4.69) is 10.4 Å². The van der Waals surface area contributed by atoms with E-state index in [-0.39, 0.29) is 17.5 Å². The number of benzene rings is 1. The molecule has 1 unspecified atom stereocenters. The summed E-state index contributed by atoms with van der Waals surface area (Å²) in [5.41, 5.74) is 1.42. The third-order valence-electron chi connectivity index (χ3n) is 3.09. The van der Waals surface area contributed by atoms with Gasteiger partial charge in [-0.3, -0.25) is 9.48 Å². The van der Waals surface area contributed by atoms with Crippen molar-refractivity contribution in [2.75, 3.05) is 6.61 Å². The quantitative estimate of drug-likeness (QED) is 0.907. The highest BCUT2D eigenvalue weighted by Gasteiger charge is 2.19. The molecule has 1 atom stereocenters. The Balaban J connectivity index is 2.20. The second-order valence-corrected chi connectivity index (χ2v) is 5.09. The first-order valence-corrected chi connectivity index (χ1v) is 6.67. The number of aryl methyl sites for hydroxylation is 2. The van der Waals surface area contributed by atoms with E-state index in [1.807, 2.05) is 0 Å². The summed E-state index contributed by atoms with van der Waals surface area (Å²) in [6.07, 6.45) is 1.58. The Hall–Kier alpha value is -1.92. The van der Waals surface area contributed by atoms with Gasteiger partial charge in [0.1, 0.15) is 5.82 Å². The van der Waals surface area contributed by atoms with Crippen LogP contribution < -0.4 is 5.32 Å². The molecule has 112 valence electrons. The number of carbonyl (C=O) groups excluding carboxylic acids is 1. The van der Waals surface area contributed by atoms with Crippen LogP contribution >= 0.6 is 11.6 Å². The lowest BCUT2D eigenvalue weighted by Gasteiger charge is -2.16. The monoisotopic (exact) mass is 311 g/mol. The molecule has 0 aliphatic heterocycles. The van der Waals surface area contributed by atoms with E-state index in [0.717, 1.165) is 0 Å². The average Bonchev–Trinajstić information content (AvgIpc) is 2.78. The van der Waals surface area contributed by atoms with Crippen LogP contribution in [0.25, 0.3) is 0 Å². The largest absolute Gasteiger partial charge is 0.394 e. The van der Waals surface area contributed by atoms with Crippen LogP contribution in [0.1, 0.15) is 27.7 Å². The molecule has 0 bridgehead atoms. The maximum Gasteiger partial charge on any atom is 0.255 e. The van der Waals surface area contributed by atoms with E-state index >= 15 is 0 Å². The van der Waals surface area contributed by atoms with Gasteiger partial charge in [0.15, 0.2) is 0 Å². The summed E-state index contributed by atoms with van der Waals surface area (Å²) in [7, 11) is 1.71. The predicted molar refractivity (Wildman–Crippen MR) is 76.6 cm³/mol. The molecule has 0 radical (unpaired) electrons. The summed E-state index contributed by atoms with van der Waals surface area (Å²) in [6.45, 7) is 1.36. The molecular formula is C14H15ClFN3O2. The SMILES string of the molecule is Cc1nn(C)cc1C(=O)NC(CO)c1ccc(Cl)c(F)c1. The highest BCUT2D eigenvalue weighted by Crippen LogP contribution is 2.20. The summed E-state index contributed by atoms with van der Waals surface area (Å²) in [4.78, 5) is 12.2. The van der Waals surface area contributed by atoms with Crippen LogP contribution in [0.15, 0.2) is 24.4 Å². The number of hydrogen-bond acceptors (Lipinski definition) is 3. The molecule has 0 saturated carbocycles. The number of halogens is 2. The van der Waals surface area contributed by atoms with Gasteiger partial charge in [-0.2, -0.15) is 5.10 Å². The van der Waals surface area contributed by atoms with Crippen molar-refractivity contribution < 1.29 is 14.3 Å². The molecule has 0 fully saturated rings. The van der Waals surface area contributed by atoms with Gasteiger partial charge in [0, 0.05) is 13.2 Å². The molecule has 0 spiro atoms. The lowest BCUT2D eigenvalue weighted by molar-refractivity contribution is 0.0915. The first kappa shape index (κ1) is 15.5. The fourth-order valence-electron chi connectivity index (χ4n) is 2.02. The summed E-state index contributed by atoms with van der Waals surface area (Å²) in [5.74, 6) is -0.977. The van der Waals surface area contributed by atoms with E-state index in [1.165, 1.54) is 16.8 Å². The topological polar surface area (TPSA) is 67.2 Å². The van der Waals surface area contributed by atoms with E-state index in [1.54, 1.807) is 26.2 Å². The Morgan fingerprint density at radius 1 is 1.57 bits per heavy atom. The van der Waals surface area contributed by atoms with E-state index in [9.17, 15) is 14.3 Å². The molecule has 1 aromatic heterocycles. The first-order valence-electron chi connectivity index (χ1n) is 6.29. The highest BCUT2D eigenvalue weighted by molar-refractivity contribution is 6.30. The number of hydrogen-bond donors (Lipinski definition) is 2. The van der Waals surface area contributed by atoms with Crippen molar-refractivity contribution in [1.82, 2.24) is 15.1 Å². The van der Waals surface area contributed by atoms with Crippen LogP contribution in [0, 0.1) is 12.7 Å². The molecule has 2 rings (SSSR count). The van der Waals surface area contributed by atoms with Gasteiger partial charge in [-0.25, -0.2) is 4.39 Å². The summed E-state index contributed by atoms with van der Waals surface area (Å²) < 4.78 is 15.0. The number of nitrogens with one attached hydrogen (secondary N) is 1. The third-order valence-corrected chi connectivity index (χ3v) is 3.40. The number of aliphatic hydroxyl groups is 1. The Morgan fingerprint density at radius 2 is 2.29 bits per heavy atom. The van der Waals surface area contributed by atoms with Crippen molar-refractivity contribution in [1.29, 1.82) is 0 Å². The lowest BCUT2D eigenvalue weighted by atomic mass is 10.1. The number of amides is 1. The van der Waals surface area contributed by atoms with Gasteiger partial charge in [0.25, 0.3) is 5.91 Å². The molecule has 1 aromatic carbocycles. The summed E-state index contributed by atoms with van der Waals surface area (Å²) in [5, 5.41) is 16.1. The molecule has 0 saturated heterocycles. The Kier molecular flexibility index (Phi) is 4.59. The summed E-state index contributed by atoms with van der Waals surface area (Å²) >= 11 is 5.62. The number of carbonyl (C=O) groups is 1. The standard InChI is InChI=1S/C14H15ClFN3O2/c1-8-10(6-19(2)18-8)14(21)17-13(7-20)9-3-4-11(15)12(16)5-9/h3-6,13,20H,7H2,1-2H3,(H,17,21). The molecule has 7 heteroatoms. The molecular weight excluding hydrogens is 297 g/mol. The van der Waals surface area contributed by atoms with Crippen molar-refractivity contribution >= 4 is 17.5 Å². The van der Waals surface area contributed by atoms with Crippen molar-refractivity contribution in [3.63, 3.8) is 0 Å². The van der Waals surface area contributed by atoms with Crippen molar-refractivity contribution in [3.05, 3.63) is 52.1 Å². The fraction of sp³-hybridized carbons (Fsp3) is 0.286. The van der Waals surface area contributed by atoms with Crippen LogP contribution in [-0.2, 0) is 7.05 Å². The number of aliphatic hydroxyl groups excluding tert-OH is 1. The van der Waals surface area contributed by atoms with Crippen LogP contribution in [0.4, 0.5) is 4.39 Å². The van der Waals surface area contributed by atoms with Crippen molar-refractivity contribution in [2.45, 2.75) is 13.0 Å². The van der Waals surface area contributed by atoms with Gasteiger partial charge in [0.05, 0.1) is 28.9 Å². The van der Waals surface area contributed by atoms with Gasteiger partial charge in [0.2, 0.25) is 0 Å². The summed E-state index contributed by atoms with van der Waals surface area (Å²) in [6, 6.07) is 3.42. The van der Waals surface area contributed by atoms with Crippen molar-refractivity contribution in [3.8, 4) is 0 Å². The van der Waals surface area contributed by atoms with Gasteiger partial charge in [-0.05, 0) is 24.6 Å². The molecule has 2 aromatic rings. The zero-order valence-electron chi connectivity index (χ0n) is 11.6. The average molecular weight is 312 g/mol. The van der Waals surface area contributed by atoms with Gasteiger partial charge >= 0.3 is 0 Å². The van der Waals surface area contributed by atoms with Gasteiger partial charge in [-0.1, -0.05) is 17.7 Å². The molecule has 1 amide bonds. The number of nitrogens with zero attached hydrogens (tertiary/aromatic N) is 2. The smallest absolute Gasteiger partial charge is 0.255 e. The minimum atomic E-state index is -0.719. The fourth-order valence-corrected chi connectivity index (χ4v) is 2.14. The van der Waals surface area contributed by atoms with E-state index < -0.39 is 11.9 Å². The molecule has 0 aliphatic carbocycles. The Bertz CT molecular complexity index is 672. The zero-order valence-corrected chi connectivity index (χ0v) is 12.4. The Morgan fingerprint density at radius 3 is 2.81 bits per heavy atom. The maximum atomic E-state index is 13.5. The second-order valence-electron chi connectivity index (χ2n) is 4.68. The zero-order chi connectivity index (χ0) is 15.6. The first-order chi connectivity index (χ1) is 9.92. The minimum Gasteiger partial charge on any atom is -0.394 e. The molecule has 21 heavy (non-hydrogen) atoms.